The van der Waals surface area contributed by atoms with Crippen molar-refractivity contribution in [2.45, 2.75) is 25.7 Å². The summed E-state index contributed by atoms with van der Waals surface area (Å²) in [6, 6.07) is 0. The molecule has 0 fully saturated rings. The first-order chi connectivity index (χ1) is 8.77. The zero-order valence-corrected chi connectivity index (χ0v) is 10.9. The van der Waals surface area contributed by atoms with Gasteiger partial charge in [0.15, 0.2) is 11.5 Å². The molecule has 4 heteroatoms. The van der Waals surface area contributed by atoms with Crippen LogP contribution in [0.15, 0.2) is 0 Å². The first-order valence-corrected chi connectivity index (χ1v) is 6.49. The molecule has 2 heterocycles. The second kappa shape index (κ2) is 4.35. The van der Waals surface area contributed by atoms with E-state index in [1.54, 1.807) is 7.11 Å². The third kappa shape index (κ3) is 1.48. The molecule has 1 unspecified atom stereocenters. The lowest BCUT2D eigenvalue weighted by Crippen LogP contribution is -2.12. The zero-order valence-electron chi connectivity index (χ0n) is 10.9. The Morgan fingerprint density at radius 1 is 1.17 bits per heavy atom. The van der Waals surface area contributed by atoms with Crippen LogP contribution >= 0.6 is 0 Å². The predicted octanol–water partition coefficient (Wildman–Crippen LogP) is 1.63. The summed E-state index contributed by atoms with van der Waals surface area (Å²) in [5, 5.41) is 0. The van der Waals surface area contributed by atoms with Gasteiger partial charge in [0.25, 0.3) is 0 Å². The Bertz CT molecular complexity index is 449. The Morgan fingerprint density at radius 2 is 1.83 bits per heavy atom. The molecule has 0 spiro atoms. The fourth-order valence-corrected chi connectivity index (χ4v) is 2.96. The molecule has 1 aromatic carbocycles. The van der Waals surface area contributed by atoms with Crippen molar-refractivity contribution in [3.63, 3.8) is 0 Å². The Labute approximate surface area is 107 Å². The predicted molar refractivity (Wildman–Crippen MR) is 68.9 cm³/mol. The van der Waals surface area contributed by atoms with Crippen LogP contribution in [0.5, 0.6) is 17.2 Å². The van der Waals surface area contributed by atoms with E-state index in [0.717, 1.165) is 48.9 Å². The van der Waals surface area contributed by atoms with Crippen molar-refractivity contribution >= 4 is 0 Å². The summed E-state index contributed by atoms with van der Waals surface area (Å²) in [5.41, 5.74) is 9.44. The van der Waals surface area contributed by atoms with Crippen LogP contribution in [0.2, 0.25) is 0 Å². The van der Waals surface area contributed by atoms with Crippen LogP contribution in [0.25, 0.3) is 0 Å². The molecule has 0 bridgehead atoms. The summed E-state index contributed by atoms with van der Waals surface area (Å²) in [7, 11) is 1.70. The molecular weight excluding hydrogens is 230 g/mol. The lowest BCUT2D eigenvalue weighted by atomic mass is 9.90. The largest absolute Gasteiger partial charge is 0.492 e. The SMILES string of the molecule is COc1c2c(c(C(C)CN)c3c1OCC3)OCC2. The van der Waals surface area contributed by atoms with E-state index in [1.807, 2.05) is 0 Å². The van der Waals surface area contributed by atoms with Gasteiger partial charge in [0.2, 0.25) is 0 Å². The molecule has 1 atom stereocenters. The van der Waals surface area contributed by atoms with E-state index in [-0.39, 0.29) is 0 Å². The molecule has 2 N–H and O–H groups in total. The Morgan fingerprint density at radius 3 is 2.50 bits per heavy atom. The highest BCUT2D eigenvalue weighted by atomic mass is 16.5. The van der Waals surface area contributed by atoms with Gasteiger partial charge in [-0.05, 0) is 12.5 Å². The lowest BCUT2D eigenvalue weighted by molar-refractivity contribution is 0.324. The van der Waals surface area contributed by atoms with E-state index in [2.05, 4.69) is 6.92 Å². The van der Waals surface area contributed by atoms with Gasteiger partial charge in [0, 0.05) is 29.5 Å². The van der Waals surface area contributed by atoms with Gasteiger partial charge in [-0.2, -0.15) is 0 Å². The highest BCUT2D eigenvalue weighted by Crippen LogP contribution is 2.50. The standard InChI is InChI=1S/C14H19NO3/c1-8(7-15)11-9-3-5-18-14(9)13(16-2)10-4-6-17-12(10)11/h8H,3-7,15H2,1-2H3. The van der Waals surface area contributed by atoms with Gasteiger partial charge >= 0.3 is 0 Å². The van der Waals surface area contributed by atoms with Crippen molar-refractivity contribution in [2.75, 3.05) is 26.9 Å². The van der Waals surface area contributed by atoms with Crippen molar-refractivity contribution in [1.29, 1.82) is 0 Å². The fourth-order valence-electron chi connectivity index (χ4n) is 2.96. The normalized spacial score (nSPS) is 17.7. The van der Waals surface area contributed by atoms with Gasteiger partial charge in [0.1, 0.15) is 5.75 Å². The quantitative estimate of drug-likeness (QED) is 0.884. The smallest absolute Gasteiger partial charge is 0.168 e. The molecular formula is C14H19NO3. The number of methoxy groups -OCH3 is 1. The number of hydrogen-bond donors (Lipinski definition) is 1. The van der Waals surface area contributed by atoms with E-state index < -0.39 is 0 Å². The molecule has 18 heavy (non-hydrogen) atoms. The minimum Gasteiger partial charge on any atom is -0.492 e. The number of hydrogen-bond acceptors (Lipinski definition) is 4. The maximum atomic E-state index is 5.84. The first kappa shape index (κ1) is 11.7. The Balaban J connectivity index is 2.26. The van der Waals surface area contributed by atoms with E-state index >= 15 is 0 Å². The maximum absolute atomic E-state index is 5.84. The molecule has 0 saturated carbocycles. The number of ether oxygens (including phenoxy) is 3. The van der Waals surface area contributed by atoms with Gasteiger partial charge in [-0.1, -0.05) is 6.92 Å². The maximum Gasteiger partial charge on any atom is 0.168 e. The summed E-state index contributed by atoms with van der Waals surface area (Å²) in [6.45, 7) is 4.20. The van der Waals surface area contributed by atoms with Crippen LogP contribution in [0, 0.1) is 0 Å². The molecule has 3 rings (SSSR count). The summed E-state index contributed by atoms with van der Waals surface area (Å²) >= 11 is 0. The molecule has 1 aromatic rings. The van der Waals surface area contributed by atoms with Crippen LogP contribution in [-0.4, -0.2) is 26.9 Å². The molecule has 98 valence electrons. The van der Waals surface area contributed by atoms with Crippen LogP contribution < -0.4 is 19.9 Å². The molecule has 4 nitrogen and oxygen atoms in total. The highest BCUT2D eigenvalue weighted by molar-refractivity contribution is 5.66. The molecule has 0 saturated heterocycles. The van der Waals surface area contributed by atoms with Crippen LogP contribution in [-0.2, 0) is 12.8 Å². The topological polar surface area (TPSA) is 53.7 Å². The van der Waals surface area contributed by atoms with E-state index in [0.29, 0.717) is 12.5 Å². The Hall–Kier alpha value is -1.42. The zero-order chi connectivity index (χ0) is 12.7. The monoisotopic (exact) mass is 249 g/mol. The minimum absolute atomic E-state index is 0.290. The summed E-state index contributed by atoms with van der Waals surface area (Å²) in [6.07, 6.45) is 1.81. The third-order valence-electron chi connectivity index (χ3n) is 3.85. The highest BCUT2D eigenvalue weighted by Gasteiger charge is 2.33. The second-order valence-corrected chi connectivity index (χ2v) is 4.90. The first-order valence-electron chi connectivity index (χ1n) is 6.49. The van der Waals surface area contributed by atoms with Gasteiger partial charge < -0.3 is 19.9 Å². The van der Waals surface area contributed by atoms with Crippen LogP contribution in [0.3, 0.4) is 0 Å². The van der Waals surface area contributed by atoms with Crippen molar-refractivity contribution in [3.05, 3.63) is 16.7 Å². The average molecular weight is 249 g/mol. The molecule has 0 radical (unpaired) electrons. The van der Waals surface area contributed by atoms with E-state index in [1.165, 1.54) is 11.1 Å². The lowest BCUT2D eigenvalue weighted by Gasteiger charge is -2.20. The van der Waals surface area contributed by atoms with Gasteiger partial charge in [-0.15, -0.1) is 0 Å². The Kier molecular flexibility index (Phi) is 2.82. The third-order valence-corrected chi connectivity index (χ3v) is 3.85. The van der Waals surface area contributed by atoms with Crippen molar-refractivity contribution in [1.82, 2.24) is 0 Å². The van der Waals surface area contributed by atoms with Gasteiger partial charge in [0.05, 0.1) is 20.3 Å². The van der Waals surface area contributed by atoms with Crippen molar-refractivity contribution in [2.24, 2.45) is 5.73 Å². The van der Waals surface area contributed by atoms with Crippen LogP contribution in [0.1, 0.15) is 29.5 Å². The van der Waals surface area contributed by atoms with Crippen molar-refractivity contribution < 1.29 is 14.2 Å². The number of nitrogens with two attached hydrogens (primary N) is 1. The molecule has 0 amide bonds. The number of rotatable bonds is 3. The van der Waals surface area contributed by atoms with E-state index in [9.17, 15) is 0 Å². The fraction of sp³-hybridized carbons (Fsp3) is 0.571. The number of benzene rings is 1. The second-order valence-electron chi connectivity index (χ2n) is 4.90. The molecule has 0 aliphatic carbocycles. The minimum atomic E-state index is 0.290. The molecule has 2 aliphatic heterocycles. The van der Waals surface area contributed by atoms with Crippen LogP contribution in [0.4, 0.5) is 0 Å². The molecule has 2 aliphatic rings. The van der Waals surface area contributed by atoms with Gasteiger partial charge in [-0.3, -0.25) is 0 Å². The van der Waals surface area contributed by atoms with Crippen molar-refractivity contribution in [3.8, 4) is 17.2 Å². The molecule has 0 aromatic heterocycles. The van der Waals surface area contributed by atoms with Gasteiger partial charge in [-0.25, -0.2) is 0 Å². The average Bonchev–Trinajstić information content (AvgIpc) is 3.02. The number of fused-ring (bicyclic) bond motifs is 2. The summed E-state index contributed by atoms with van der Waals surface area (Å²) in [4.78, 5) is 0. The summed E-state index contributed by atoms with van der Waals surface area (Å²) in [5.74, 6) is 3.06. The summed E-state index contributed by atoms with van der Waals surface area (Å²) < 4.78 is 17.1. The van der Waals surface area contributed by atoms with E-state index in [4.69, 9.17) is 19.9 Å².